The Kier molecular flexibility index (Phi) is 5.41. The average molecular weight is 283 g/mol. The van der Waals surface area contributed by atoms with Crippen molar-refractivity contribution in [1.29, 1.82) is 0 Å². The fraction of sp³-hybridized carbons (Fsp3) is 0.308. The smallest absolute Gasteiger partial charge is 0.217 e. The Hall–Kier alpha value is -1.50. The summed E-state index contributed by atoms with van der Waals surface area (Å²) in [5.74, 6) is 0. The third-order valence-electron chi connectivity index (χ3n) is 2.69. The van der Waals surface area contributed by atoms with Crippen LogP contribution in [0, 0.1) is 6.92 Å². The second-order valence-electron chi connectivity index (χ2n) is 3.88. The molecule has 2 aromatic rings. The highest BCUT2D eigenvalue weighted by Crippen LogP contribution is 2.13. The topological polar surface area (TPSA) is 70.3 Å². The van der Waals surface area contributed by atoms with Gasteiger partial charge in [0.05, 0.1) is 7.11 Å². The minimum absolute atomic E-state index is 0.808. The molecule has 0 atom stereocenters. The van der Waals surface area contributed by atoms with E-state index in [2.05, 4.69) is 59.1 Å². The van der Waals surface area contributed by atoms with Gasteiger partial charge in [0.25, 0.3) is 0 Å². The average Bonchev–Trinajstić information content (AvgIpc) is 2.39. The first-order valence-electron chi connectivity index (χ1n) is 5.78. The fourth-order valence-electron chi connectivity index (χ4n) is 1.71. The van der Waals surface area contributed by atoms with Crippen LogP contribution in [0.3, 0.4) is 0 Å². The van der Waals surface area contributed by atoms with E-state index in [1.165, 1.54) is 16.5 Å². The summed E-state index contributed by atoms with van der Waals surface area (Å²) in [6.07, 6.45) is 2.15. The van der Waals surface area contributed by atoms with Crippen LogP contribution in [0.15, 0.2) is 36.5 Å². The maximum Gasteiger partial charge on any atom is 0.217 e. The Morgan fingerprint density at radius 1 is 1.26 bits per heavy atom. The van der Waals surface area contributed by atoms with Gasteiger partial charge in [-0.05, 0) is 25.5 Å². The summed E-state index contributed by atoms with van der Waals surface area (Å²) in [7, 11) is -3.60. The predicted molar refractivity (Wildman–Crippen MR) is 71.3 cm³/mol. The van der Waals surface area contributed by atoms with E-state index in [1.807, 2.05) is 0 Å². The highest BCUT2D eigenvalue weighted by molar-refractivity contribution is 7.80. The molecule has 0 unspecified atom stereocenters. The van der Waals surface area contributed by atoms with Gasteiger partial charge in [-0.2, -0.15) is 4.57 Å². The van der Waals surface area contributed by atoms with Crippen LogP contribution in [0.5, 0.6) is 0 Å². The molecule has 104 valence electrons. The number of para-hydroxylation sites is 1. The lowest BCUT2D eigenvalue weighted by molar-refractivity contribution is -0.667. The van der Waals surface area contributed by atoms with Crippen molar-refractivity contribution in [3.8, 4) is 0 Å². The maximum absolute atomic E-state index is 9.22. The molecule has 0 saturated carbocycles. The van der Waals surface area contributed by atoms with Gasteiger partial charge in [0.2, 0.25) is 15.9 Å². The van der Waals surface area contributed by atoms with Crippen molar-refractivity contribution in [2.45, 2.75) is 20.4 Å². The van der Waals surface area contributed by atoms with E-state index < -0.39 is 10.4 Å². The third kappa shape index (κ3) is 4.59. The molecule has 19 heavy (non-hydrogen) atoms. The Bertz CT molecular complexity index is 653. The number of benzene rings is 1. The third-order valence-corrected chi connectivity index (χ3v) is 3.10. The first kappa shape index (κ1) is 15.6. The number of rotatable bonds is 2. The molecule has 0 N–H and O–H groups in total. The van der Waals surface area contributed by atoms with Crippen LogP contribution in [-0.4, -0.2) is 20.1 Å². The predicted octanol–water partition coefficient (Wildman–Crippen LogP) is 1.55. The summed E-state index contributed by atoms with van der Waals surface area (Å²) in [4.78, 5) is 0. The van der Waals surface area contributed by atoms with Crippen LogP contribution in [0.25, 0.3) is 10.9 Å². The van der Waals surface area contributed by atoms with Gasteiger partial charge in [0.15, 0.2) is 6.20 Å². The largest absolute Gasteiger partial charge is 0.726 e. The van der Waals surface area contributed by atoms with E-state index in [-0.39, 0.29) is 0 Å². The van der Waals surface area contributed by atoms with E-state index in [9.17, 15) is 13.0 Å². The van der Waals surface area contributed by atoms with E-state index in [0.717, 1.165) is 13.7 Å². The highest BCUT2D eigenvalue weighted by Gasteiger charge is 2.06. The highest BCUT2D eigenvalue weighted by atomic mass is 32.3. The summed E-state index contributed by atoms with van der Waals surface area (Å²) in [6, 6.07) is 10.7. The van der Waals surface area contributed by atoms with Gasteiger partial charge in [-0.1, -0.05) is 12.1 Å². The number of aromatic nitrogens is 1. The molecule has 6 heteroatoms. The molecule has 0 radical (unpaired) electrons. The van der Waals surface area contributed by atoms with Crippen molar-refractivity contribution in [3.05, 3.63) is 42.1 Å². The van der Waals surface area contributed by atoms with E-state index >= 15 is 0 Å². The molecular formula is C13H17NO4S. The zero-order valence-corrected chi connectivity index (χ0v) is 12.0. The lowest BCUT2D eigenvalue weighted by atomic mass is 10.1. The molecule has 1 heterocycles. The van der Waals surface area contributed by atoms with Crippen molar-refractivity contribution in [2.75, 3.05) is 7.11 Å². The van der Waals surface area contributed by atoms with Gasteiger partial charge in [-0.25, -0.2) is 8.42 Å². The second kappa shape index (κ2) is 6.60. The van der Waals surface area contributed by atoms with Gasteiger partial charge in [-0.3, -0.25) is 4.18 Å². The van der Waals surface area contributed by atoms with E-state index in [4.69, 9.17) is 0 Å². The number of pyridine rings is 1. The monoisotopic (exact) mass is 283 g/mol. The van der Waals surface area contributed by atoms with Crippen molar-refractivity contribution in [1.82, 2.24) is 0 Å². The minimum Gasteiger partial charge on any atom is -0.726 e. The molecule has 0 spiro atoms. The lowest BCUT2D eigenvalue weighted by Crippen LogP contribution is -2.32. The molecule has 2 rings (SSSR count). The Morgan fingerprint density at radius 2 is 1.84 bits per heavy atom. The molecule has 0 bridgehead atoms. The minimum atomic E-state index is -4.41. The van der Waals surface area contributed by atoms with Gasteiger partial charge in [0.1, 0.15) is 6.54 Å². The van der Waals surface area contributed by atoms with Crippen molar-refractivity contribution >= 4 is 21.3 Å². The van der Waals surface area contributed by atoms with Crippen molar-refractivity contribution < 1.29 is 21.7 Å². The summed E-state index contributed by atoms with van der Waals surface area (Å²) >= 11 is 0. The Labute approximate surface area is 113 Å². The lowest BCUT2D eigenvalue weighted by Gasteiger charge is -2.00. The molecule has 1 aromatic heterocycles. The first-order chi connectivity index (χ1) is 8.89. The van der Waals surface area contributed by atoms with Crippen LogP contribution in [-0.2, 0) is 21.1 Å². The van der Waals surface area contributed by atoms with Gasteiger partial charge >= 0.3 is 0 Å². The molecule has 5 nitrogen and oxygen atoms in total. The Balaban J connectivity index is 0.000000258. The van der Waals surface area contributed by atoms with Crippen LogP contribution in [0.2, 0.25) is 0 Å². The molecule has 0 aliphatic heterocycles. The van der Waals surface area contributed by atoms with Crippen LogP contribution >= 0.6 is 0 Å². The molecule has 0 fully saturated rings. The zero-order valence-electron chi connectivity index (χ0n) is 11.2. The number of nitrogens with zero attached hydrogens (tertiary/aromatic N) is 1. The molecule has 0 saturated heterocycles. The number of fused-ring (bicyclic) bond motifs is 1. The van der Waals surface area contributed by atoms with Gasteiger partial charge in [0, 0.05) is 17.5 Å². The first-order valence-corrected chi connectivity index (χ1v) is 7.11. The van der Waals surface area contributed by atoms with Crippen molar-refractivity contribution in [3.63, 3.8) is 0 Å². The zero-order chi connectivity index (χ0) is 14.5. The van der Waals surface area contributed by atoms with Crippen LogP contribution < -0.4 is 4.57 Å². The van der Waals surface area contributed by atoms with Crippen molar-refractivity contribution in [2.24, 2.45) is 0 Å². The Morgan fingerprint density at radius 3 is 2.37 bits per heavy atom. The SMILES string of the molecule is CC[n+]1ccc(C)c2ccccc21.COS(=O)(=O)[O-]. The van der Waals surface area contributed by atoms with Gasteiger partial charge in [-0.15, -0.1) is 0 Å². The standard InChI is InChI=1S/C12H14N.CH4O4S/c1-3-13-9-8-10(2)11-6-4-5-7-12(11)13;1-5-6(2,3)4/h4-9H,3H2,1-2H3;1H3,(H,2,3,4)/q+1;/p-1. The normalized spacial score (nSPS) is 10.9. The maximum atomic E-state index is 9.22. The van der Waals surface area contributed by atoms with E-state index in [0.29, 0.717) is 0 Å². The number of hydrogen-bond acceptors (Lipinski definition) is 4. The molecule has 0 amide bonds. The number of aryl methyl sites for hydroxylation is 2. The summed E-state index contributed by atoms with van der Waals surface area (Å²) in [5.41, 5.74) is 2.67. The second-order valence-corrected chi connectivity index (χ2v) is 5.03. The van der Waals surface area contributed by atoms with E-state index in [1.54, 1.807) is 0 Å². The molecule has 0 aliphatic carbocycles. The molecular weight excluding hydrogens is 266 g/mol. The van der Waals surface area contributed by atoms with Crippen LogP contribution in [0.1, 0.15) is 12.5 Å². The molecule has 1 aromatic carbocycles. The van der Waals surface area contributed by atoms with Gasteiger partial charge < -0.3 is 4.55 Å². The van der Waals surface area contributed by atoms with Crippen LogP contribution in [0.4, 0.5) is 0 Å². The number of hydrogen-bond donors (Lipinski definition) is 0. The molecule has 0 aliphatic rings. The quantitative estimate of drug-likeness (QED) is 0.476. The summed E-state index contributed by atoms with van der Waals surface area (Å²) in [6.45, 7) is 5.35. The summed E-state index contributed by atoms with van der Waals surface area (Å²) < 4.78 is 33.3. The fourth-order valence-corrected chi connectivity index (χ4v) is 1.71. The summed E-state index contributed by atoms with van der Waals surface area (Å²) in [5, 5.41) is 1.35.